The molecule has 6 nitrogen and oxygen atoms in total. The van der Waals surface area contributed by atoms with Crippen molar-refractivity contribution in [1.29, 1.82) is 0 Å². The minimum atomic E-state index is -0.390. The Labute approximate surface area is 160 Å². The zero-order chi connectivity index (χ0) is 19.5. The van der Waals surface area contributed by atoms with E-state index in [2.05, 4.69) is 20.6 Å². The molecule has 0 spiro atoms. The fourth-order valence-corrected chi connectivity index (χ4v) is 3.42. The highest BCUT2D eigenvalue weighted by Crippen LogP contribution is 2.32. The fraction of sp³-hybridized carbons (Fsp3) is 0.190. The van der Waals surface area contributed by atoms with Gasteiger partial charge in [-0.2, -0.15) is 0 Å². The molecule has 28 heavy (non-hydrogen) atoms. The van der Waals surface area contributed by atoms with Crippen LogP contribution in [0.25, 0.3) is 16.5 Å². The Morgan fingerprint density at radius 1 is 1.32 bits per heavy atom. The molecule has 4 rings (SSSR count). The van der Waals surface area contributed by atoms with E-state index in [1.807, 2.05) is 12.1 Å². The summed E-state index contributed by atoms with van der Waals surface area (Å²) in [7, 11) is 0. The molecule has 0 saturated carbocycles. The normalized spacial score (nSPS) is 15.2. The summed E-state index contributed by atoms with van der Waals surface area (Å²) in [6.07, 6.45) is 6.13. The average molecular weight is 378 g/mol. The smallest absolute Gasteiger partial charge is 0.268 e. The van der Waals surface area contributed by atoms with Gasteiger partial charge in [-0.15, -0.1) is 0 Å². The van der Waals surface area contributed by atoms with E-state index in [0.29, 0.717) is 53.7 Å². The van der Waals surface area contributed by atoms with Crippen LogP contribution in [0.4, 0.5) is 4.39 Å². The molecule has 1 aliphatic rings. The van der Waals surface area contributed by atoms with E-state index in [-0.39, 0.29) is 17.6 Å². The molecular weight excluding hydrogens is 359 g/mol. The van der Waals surface area contributed by atoms with Gasteiger partial charge in [-0.1, -0.05) is 6.07 Å². The molecule has 7 heteroatoms. The predicted molar refractivity (Wildman–Crippen MR) is 104 cm³/mol. The number of aromatic nitrogens is 2. The number of amides is 2. The summed E-state index contributed by atoms with van der Waals surface area (Å²) < 4.78 is 13.8. The first kappa shape index (κ1) is 17.9. The molecule has 2 amide bonds. The zero-order valence-electron chi connectivity index (χ0n) is 15.1. The number of H-pyrrole nitrogens is 1. The molecule has 142 valence electrons. The van der Waals surface area contributed by atoms with Crippen LogP contribution < -0.4 is 10.6 Å². The van der Waals surface area contributed by atoms with Gasteiger partial charge in [0.05, 0.1) is 0 Å². The van der Waals surface area contributed by atoms with E-state index >= 15 is 0 Å². The molecule has 1 aliphatic heterocycles. The van der Waals surface area contributed by atoms with Crippen LogP contribution in [0.2, 0.25) is 0 Å². The lowest BCUT2D eigenvalue weighted by atomic mass is 9.99. The number of hydrogen-bond donors (Lipinski definition) is 3. The molecule has 0 radical (unpaired) electrons. The van der Waals surface area contributed by atoms with Crippen LogP contribution in [0, 0.1) is 5.82 Å². The first-order chi connectivity index (χ1) is 13.6. The molecular formula is C21H19FN4O2. The maximum atomic E-state index is 13.8. The van der Waals surface area contributed by atoms with Crippen molar-refractivity contribution in [2.75, 3.05) is 13.1 Å². The SMILES string of the molecule is O=C(/C=C1\CCNC(=O)c2[nH]c3ccc(F)cc3c21)NCCc1cccnc1. The van der Waals surface area contributed by atoms with E-state index < -0.39 is 0 Å². The standard InChI is InChI=1S/C21H19FN4O2/c22-15-3-4-17-16(11-15)19-14(6-9-25-21(28)20(19)26-17)10-18(27)24-8-5-13-2-1-7-23-12-13/h1-4,7,10-12,26H,5-6,8-9H2,(H,24,27)(H,25,28)/b14-10+. The summed E-state index contributed by atoms with van der Waals surface area (Å²) in [5.41, 5.74) is 3.34. The molecule has 0 bridgehead atoms. The van der Waals surface area contributed by atoms with E-state index in [4.69, 9.17) is 0 Å². The summed E-state index contributed by atoms with van der Waals surface area (Å²) in [4.78, 5) is 31.9. The minimum absolute atomic E-state index is 0.245. The molecule has 3 N–H and O–H groups in total. The van der Waals surface area contributed by atoms with Gasteiger partial charge in [0.25, 0.3) is 5.91 Å². The Balaban J connectivity index is 1.59. The number of halogens is 1. The lowest BCUT2D eigenvalue weighted by Gasteiger charge is -2.07. The second kappa shape index (κ2) is 7.64. The Bertz CT molecular complexity index is 1070. The lowest BCUT2D eigenvalue weighted by Crippen LogP contribution is -2.24. The number of pyridine rings is 1. The molecule has 1 aromatic carbocycles. The molecule has 0 atom stereocenters. The van der Waals surface area contributed by atoms with Gasteiger partial charge in [-0.3, -0.25) is 14.6 Å². The first-order valence-electron chi connectivity index (χ1n) is 9.09. The number of rotatable bonds is 4. The number of carbonyl (C=O) groups is 2. The summed E-state index contributed by atoms with van der Waals surface area (Å²) in [6.45, 7) is 0.883. The number of carbonyl (C=O) groups excluding carboxylic acids is 2. The highest BCUT2D eigenvalue weighted by atomic mass is 19.1. The van der Waals surface area contributed by atoms with Gasteiger partial charge in [0.2, 0.25) is 5.91 Å². The van der Waals surface area contributed by atoms with Crippen molar-refractivity contribution in [3.8, 4) is 0 Å². The van der Waals surface area contributed by atoms with Crippen molar-refractivity contribution in [2.24, 2.45) is 0 Å². The van der Waals surface area contributed by atoms with Gasteiger partial charge in [0.15, 0.2) is 0 Å². The van der Waals surface area contributed by atoms with Crippen molar-refractivity contribution < 1.29 is 14.0 Å². The van der Waals surface area contributed by atoms with Crippen molar-refractivity contribution in [1.82, 2.24) is 20.6 Å². The molecule has 0 saturated heterocycles. The summed E-state index contributed by atoms with van der Waals surface area (Å²) in [5, 5.41) is 6.26. The van der Waals surface area contributed by atoms with Gasteiger partial charge in [-0.05, 0) is 48.2 Å². The number of fused-ring (bicyclic) bond motifs is 3. The van der Waals surface area contributed by atoms with Gasteiger partial charge in [0, 0.05) is 48.0 Å². The highest BCUT2D eigenvalue weighted by Gasteiger charge is 2.24. The zero-order valence-corrected chi connectivity index (χ0v) is 15.1. The largest absolute Gasteiger partial charge is 0.352 e. The van der Waals surface area contributed by atoms with E-state index in [1.165, 1.54) is 18.2 Å². The maximum absolute atomic E-state index is 13.8. The highest BCUT2D eigenvalue weighted by molar-refractivity contribution is 6.10. The molecule has 3 heterocycles. The number of nitrogens with zero attached hydrogens (tertiary/aromatic N) is 1. The van der Waals surface area contributed by atoms with E-state index in [1.54, 1.807) is 18.5 Å². The van der Waals surface area contributed by atoms with Crippen LogP contribution in [0.5, 0.6) is 0 Å². The molecule has 3 aromatic rings. The topological polar surface area (TPSA) is 86.9 Å². The third-order valence-electron chi connectivity index (χ3n) is 4.73. The molecule has 2 aromatic heterocycles. The lowest BCUT2D eigenvalue weighted by molar-refractivity contribution is -0.116. The minimum Gasteiger partial charge on any atom is -0.352 e. The third kappa shape index (κ3) is 3.64. The maximum Gasteiger partial charge on any atom is 0.268 e. The third-order valence-corrected chi connectivity index (χ3v) is 4.73. The van der Waals surface area contributed by atoms with Crippen LogP contribution in [0.15, 0.2) is 48.8 Å². The van der Waals surface area contributed by atoms with Crippen LogP contribution in [0.1, 0.15) is 28.0 Å². The second-order valence-corrected chi connectivity index (χ2v) is 6.64. The number of nitrogens with one attached hydrogen (secondary N) is 3. The van der Waals surface area contributed by atoms with Crippen molar-refractivity contribution >= 4 is 28.3 Å². The Morgan fingerprint density at radius 2 is 2.21 bits per heavy atom. The Hall–Kier alpha value is -3.48. The monoisotopic (exact) mass is 378 g/mol. The molecule has 0 aliphatic carbocycles. The average Bonchev–Trinajstić information content (AvgIpc) is 2.99. The van der Waals surface area contributed by atoms with Crippen molar-refractivity contribution in [3.63, 3.8) is 0 Å². The molecule has 0 unspecified atom stereocenters. The first-order valence-corrected chi connectivity index (χ1v) is 9.09. The number of benzene rings is 1. The Morgan fingerprint density at radius 3 is 3.04 bits per heavy atom. The van der Waals surface area contributed by atoms with Gasteiger partial charge >= 0.3 is 0 Å². The fourth-order valence-electron chi connectivity index (χ4n) is 3.42. The molecule has 0 fully saturated rings. The van der Waals surface area contributed by atoms with Crippen molar-refractivity contribution in [2.45, 2.75) is 12.8 Å². The quantitative estimate of drug-likeness (QED) is 0.610. The number of hydrogen-bond acceptors (Lipinski definition) is 3. The second-order valence-electron chi connectivity index (χ2n) is 6.64. The van der Waals surface area contributed by atoms with Crippen LogP contribution in [-0.4, -0.2) is 34.9 Å². The van der Waals surface area contributed by atoms with Crippen molar-refractivity contribution in [3.05, 3.63) is 71.4 Å². The summed E-state index contributed by atoms with van der Waals surface area (Å²) >= 11 is 0. The van der Waals surface area contributed by atoms with Gasteiger partial charge in [-0.25, -0.2) is 4.39 Å². The van der Waals surface area contributed by atoms with Crippen LogP contribution in [0.3, 0.4) is 0 Å². The van der Waals surface area contributed by atoms with Crippen LogP contribution >= 0.6 is 0 Å². The van der Waals surface area contributed by atoms with Gasteiger partial charge < -0.3 is 15.6 Å². The summed E-state index contributed by atoms with van der Waals surface area (Å²) in [6, 6.07) is 8.12. The van der Waals surface area contributed by atoms with E-state index in [9.17, 15) is 14.0 Å². The van der Waals surface area contributed by atoms with E-state index in [0.717, 1.165) is 5.56 Å². The predicted octanol–water partition coefficient (Wildman–Crippen LogP) is 2.58. The van der Waals surface area contributed by atoms with Gasteiger partial charge in [0.1, 0.15) is 11.5 Å². The Kier molecular flexibility index (Phi) is 4.89. The number of aromatic amines is 1. The summed E-state index contributed by atoms with van der Waals surface area (Å²) in [5.74, 6) is -0.892. The van der Waals surface area contributed by atoms with Crippen LogP contribution in [-0.2, 0) is 11.2 Å².